The van der Waals surface area contributed by atoms with Crippen LogP contribution in [0.15, 0.2) is 36.4 Å². The first kappa shape index (κ1) is 15.5. The maximum Gasteiger partial charge on any atom is 0.335 e. The minimum absolute atomic E-state index is 0.0152. The van der Waals surface area contributed by atoms with Crippen molar-refractivity contribution in [2.45, 2.75) is 6.54 Å². The molecule has 122 valence electrons. The number of nitrogens with two attached hydrogens (primary N) is 2. The Balaban J connectivity index is 1.85. The lowest BCUT2D eigenvalue weighted by atomic mass is 10.1. The molecule has 6 N–H and O–H groups in total. The first-order valence-corrected chi connectivity index (χ1v) is 7.03. The van der Waals surface area contributed by atoms with Gasteiger partial charge in [-0.25, -0.2) is 14.2 Å². The highest BCUT2D eigenvalue weighted by molar-refractivity contribution is 5.92. The van der Waals surface area contributed by atoms with Gasteiger partial charge in [0.25, 0.3) is 0 Å². The summed E-state index contributed by atoms with van der Waals surface area (Å²) >= 11 is 0. The zero-order valence-electron chi connectivity index (χ0n) is 12.5. The largest absolute Gasteiger partial charge is 0.478 e. The molecular weight excluding hydrogens is 313 g/mol. The van der Waals surface area contributed by atoms with Crippen LogP contribution in [0.1, 0.15) is 15.9 Å². The number of carboxylic acids is 1. The number of carbonyl (C=O) groups is 1. The van der Waals surface area contributed by atoms with Gasteiger partial charge < -0.3 is 21.9 Å². The molecule has 0 saturated carbocycles. The third-order valence-corrected chi connectivity index (χ3v) is 3.53. The summed E-state index contributed by atoms with van der Waals surface area (Å²) in [6.45, 7) is 0.318. The highest BCUT2D eigenvalue weighted by atomic mass is 19.1. The summed E-state index contributed by atoms with van der Waals surface area (Å²) in [5.74, 6) is -1.60. The van der Waals surface area contributed by atoms with Crippen LogP contribution in [0, 0.1) is 5.82 Å². The standard InChI is InChI=1S/C16H14FN5O2/c17-13-11(6-5-10-12(13)14(18)22-16(19)21-10)20-7-8-1-3-9(4-2-8)15(23)24/h1-6,20H,7H2,(H,23,24)(H4,18,19,21,22). The second-order valence-corrected chi connectivity index (χ2v) is 5.14. The van der Waals surface area contributed by atoms with Crippen LogP contribution in [-0.4, -0.2) is 21.0 Å². The first-order chi connectivity index (χ1) is 11.5. The van der Waals surface area contributed by atoms with Crippen molar-refractivity contribution in [1.29, 1.82) is 0 Å². The van der Waals surface area contributed by atoms with Crippen LogP contribution in [-0.2, 0) is 6.54 Å². The first-order valence-electron chi connectivity index (χ1n) is 7.03. The van der Waals surface area contributed by atoms with Gasteiger partial charge >= 0.3 is 5.97 Å². The van der Waals surface area contributed by atoms with Crippen LogP contribution < -0.4 is 16.8 Å². The maximum atomic E-state index is 14.6. The SMILES string of the molecule is Nc1nc(N)c2c(F)c(NCc3ccc(C(=O)O)cc3)ccc2n1. The predicted octanol–water partition coefficient (Wildman–Crippen LogP) is 2.24. The molecule has 0 aliphatic rings. The molecule has 0 fully saturated rings. The number of nitrogen functional groups attached to an aromatic ring is 2. The highest BCUT2D eigenvalue weighted by Crippen LogP contribution is 2.27. The fourth-order valence-electron chi connectivity index (χ4n) is 2.33. The molecule has 3 rings (SSSR count). The molecule has 24 heavy (non-hydrogen) atoms. The van der Waals surface area contributed by atoms with E-state index in [1.165, 1.54) is 18.2 Å². The number of aromatic nitrogens is 2. The number of hydrogen-bond donors (Lipinski definition) is 4. The van der Waals surface area contributed by atoms with Gasteiger partial charge in [0.05, 0.1) is 22.2 Å². The molecule has 0 amide bonds. The lowest BCUT2D eigenvalue weighted by molar-refractivity contribution is 0.0697. The van der Waals surface area contributed by atoms with Crippen LogP contribution in [0.25, 0.3) is 10.9 Å². The molecule has 7 nitrogen and oxygen atoms in total. The minimum Gasteiger partial charge on any atom is -0.478 e. The third kappa shape index (κ3) is 2.89. The van der Waals surface area contributed by atoms with Crippen molar-refractivity contribution in [3.05, 3.63) is 53.3 Å². The molecule has 1 aromatic heterocycles. The fraction of sp³-hybridized carbons (Fsp3) is 0.0625. The van der Waals surface area contributed by atoms with E-state index < -0.39 is 11.8 Å². The van der Waals surface area contributed by atoms with E-state index in [1.807, 2.05) is 0 Å². The average molecular weight is 327 g/mol. The van der Waals surface area contributed by atoms with E-state index >= 15 is 0 Å². The normalized spacial score (nSPS) is 10.7. The Kier molecular flexibility index (Phi) is 3.87. The molecule has 8 heteroatoms. The molecule has 3 aromatic rings. The molecular formula is C16H14FN5O2. The Morgan fingerprint density at radius 3 is 2.50 bits per heavy atom. The van der Waals surface area contributed by atoms with Crippen molar-refractivity contribution in [3.8, 4) is 0 Å². The third-order valence-electron chi connectivity index (χ3n) is 3.53. The summed E-state index contributed by atoms with van der Waals surface area (Å²) in [4.78, 5) is 18.5. The minimum atomic E-state index is -0.996. The zero-order valence-corrected chi connectivity index (χ0v) is 12.5. The highest BCUT2D eigenvalue weighted by Gasteiger charge is 2.13. The monoisotopic (exact) mass is 327 g/mol. The molecule has 0 atom stereocenters. The lowest BCUT2D eigenvalue weighted by Gasteiger charge is -2.11. The van der Waals surface area contributed by atoms with Crippen LogP contribution in [0.3, 0.4) is 0 Å². The molecule has 0 spiro atoms. The molecule has 0 unspecified atom stereocenters. The van der Waals surface area contributed by atoms with E-state index in [1.54, 1.807) is 18.2 Å². The van der Waals surface area contributed by atoms with E-state index in [9.17, 15) is 9.18 Å². The Morgan fingerprint density at radius 1 is 1.12 bits per heavy atom. The summed E-state index contributed by atoms with van der Waals surface area (Å²) in [6.07, 6.45) is 0. The van der Waals surface area contributed by atoms with E-state index in [0.29, 0.717) is 12.1 Å². The number of fused-ring (bicyclic) bond motifs is 1. The molecule has 0 radical (unpaired) electrons. The Labute approximate surface area is 136 Å². The Bertz CT molecular complexity index is 928. The van der Waals surface area contributed by atoms with Gasteiger partial charge in [0.2, 0.25) is 5.95 Å². The Hall–Kier alpha value is -3.42. The number of nitrogens with one attached hydrogen (secondary N) is 1. The number of benzene rings is 2. The smallest absolute Gasteiger partial charge is 0.335 e. The second-order valence-electron chi connectivity index (χ2n) is 5.14. The van der Waals surface area contributed by atoms with E-state index in [-0.39, 0.29) is 28.4 Å². The van der Waals surface area contributed by atoms with Crippen molar-refractivity contribution in [3.63, 3.8) is 0 Å². The molecule has 2 aromatic carbocycles. The summed E-state index contributed by atoms with van der Waals surface area (Å²) in [7, 11) is 0. The molecule has 0 aliphatic heterocycles. The van der Waals surface area contributed by atoms with Gasteiger partial charge in [-0.05, 0) is 29.8 Å². The number of anilines is 3. The molecule has 0 bridgehead atoms. The van der Waals surface area contributed by atoms with Gasteiger partial charge in [0.1, 0.15) is 5.82 Å². The van der Waals surface area contributed by atoms with Crippen molar-refractivity contribution < 1.29 is 14.3 Å². The van der Waals surface area contributed by atoms with Crippen LogP contribution in [0.2, 0.25) is 0 Å². The van der Waals surface area contributed by atoms with Crippen molar-refractivity contribution in [2.24, 2.45) is 0 Å². The van der Waals surface area contributed by atoms with E-state index in [4.69, 9.17) is 16.6 Å². The number of carboxylic acid groups (broad SMARTS) is 1. The summed E-state index contributed by atoms with van der Waals surface area (Å²) in [5, 5.41) is 11.9. The van der Waals surface area contributed by atoms with E-state index in [2.05, 4.69) is 15.3 Å². The molecule has 0 aliphatic carbocycles. The Morgan fingerprint density at radius 2 is 1.83 bits per heavy atom. The zero-order chi connectivity index (χ0) is 17.3. The van der Waals surface area contributed by atoms with Crippen molar-refractivity contribution in [2.75, 3.05) is 16.8 Å². The van der Waals surface area contributed by atoms with Gasteiger partial charge in [-0.2, -0.15) is 4.98 Å². The summed E-state index contributed by atoms with van der Waals surface area (Å²) in [6, 6.07) is 9.44. The van der Waals surface area contributed by atoms with Gasteiger partial charge in [-0.1, -0.05) is 12.1 Å². The van der Waals surface area contributed by atoms with E-state index in [0.717, 1.165) is 5.56 Å². The predicted molar refractivity (Wildman–Crippen MR) is 89.0 cm³/mol. The van der Waals surface area contributed by atoms with Crippen molar-refractivity contribution >= 4 is 34.3 Å². The summed E-state index contributed by atoms with van der Waals surface area (Å²) in [5.41, 5.74) is 12.8. The van der Waals surface area contributed by atoms with Gasteiger partial charge in [0, 0.05) is 6.54 Å². The topological polar surface area (TPSA) is 127 Å². The van der Waals surface area contributed by atoms with Gasteiger partial charge in [0.15, 0.2) is 5.82 Å². The van der Waals surface area contributed by atoms with Gasteiger partial charge in [-0.15, -0.1) is 0 Å². The van der Waals surface area contributed by atoms with Crippen molar-refractivity contribution in [1.82, 2.24) is 9.97 Å². The molecule has 1 heterocycles. The summed E-state index contributed by atoms with van der Waals surface area (Å²) < 4.78 is 14.6. The average Bonchev–Trinajstić information content (AvgIpc) is 2.54. The number of aromatic carboxylic acids is 1. The lowest BCUT2D eigenvalue weighted by Crippen LogP contribution is -2.06. The van der Waals surface area contributed by atoms with Gasteiger partial charge in [-0.3, -0.25) is 0 Å². The van der Waals surface area contributed by atoms with Crippen LogP contribution in [0.5, 0.6) is 0 Å². The molecule has 0 saturated heterocycles. The van der Waals surface area contributed by atoms with Crippen LogP contribution >= 0.6 is 0 Å². The fourth-order valence-corrected chi connectivity index (χ4v) is 2.33. The number of halogens is 1. The number of rotatable bonds is 4. The number of nitrogens with zero attached hydrogens (tertiary/aromatic N) is 2. The maximum absolute atomic E-state index is 14.6. The number of hydrogen-bond acceptors (Lipinski definition) is 6. The quantitative estimate of drug-likeness (QED) is 0.578. The second kappa shape index (κ2) is 5.99. The van der Waals surface area contributed by atoms with Crippen LogP contribution in [0.4, 0.5) is 21.8 Å².